The molecule has 2 rings (SSSR count). The van der Waals surface area contributed by atoms with Crippen molar-refractivity contribution in [2.24, 2.45) is 5.73 Å². The van der Waals surface area contributed by atoms with Crippen molar-refractivity contribution in [1.29, 1.82) is 0 Å². The summed E-state index contributed by atoms with van der Waals surface area (Å²) in [5.74, 6) is 1.46. The summed E-state index contributed by atoms with van der Waals surface area (Å²) in [6, 6.07) is 7.77. The maximum atomic E-state index is 5.44. The maximum absolute atomic E-state index is 5.44. The Bertz CT molecular complexity index is 473. The van der Waals surface area contributed by atoms with Crippen LogP contribution in [0.1, 0.15) is 5.82 Å². The predicted molar refractivity (Wildman–Crippen MR) is 69.2 cm³/mol. The number of ether oxygens (including phenoxy) is 1. The van der Waals surface area contributed by atoms with Gasteiger partial charge in [-0.15, -0.1) is 12.4 Å². The summed E-state index contributed by atoms with van der Waals surface area (Å²) in [4.78, 5) is 8.30. The van der Waals surface area contributed by atoms with E-state index in [9.17, 15) is 0 Å². The highest BCUT2D eigenvalue weighted by Gasteiger charge is 2.00. The summed E-state index contributed by atoms with van der Waals surface area (Å²) >= 11 is 0. The van der Waals surface area contributed by atoms with Gasteiger partial charge in [0.05, 0.1) is 13.7 Å². The Morgan fingerprint density at radius 2 is 1.88 bits per heavy atom. The summed E-state index contributed by atoms with van der Waals surface area (Å²) in [5.41, 5.74) is 7.42. The molecule has 1 heterocycles. The molecule has 0 aliphatic rings. The van der Waals surface area contributed by atoms with Crippen LogP contribution in [0.25, 0.3) is 11.1 Å². The minimum atomic E-state index is 0. The molecule has 90 valence electrons. The summed E-state index contributed by atoms with van der Waals surface area (Å²) in [6.07, 6.45) is 3.54. The minimum absolute atomic E-state index is 0. The standard InChI is InChI=1S/C12H13N3O.ClH/c1-16-11-4-2-3-9(5-11)10-7-14-12(6-13)15-8-10;/h2-5,7-8H,6,13H2,1H3;1H. The smallest absolute Gasteiger partial charge is 0.141 e. The Kier molecular flexibility index (Phi) is 4.87. The van der Waals surface area contributed by atoms with Crippen LogP contribution < -0.4 is 10.5 Å². The van der Waals surface area contributed by atoms with E-state index in [4.69, 9.17) is 10.5 Å². The van der Waals surface area contributed by atoms with Crippen LogP contribution in [0.2, 0.25) is 0 Å². The second-order valence-electron chi connectivity index (χ2n) is 3.32. The third-order valence-corrected chi connectivity index (χ3v) is 2.29. The molecule has 0 amide bonds. The fourth-order valence-electron chi connectivity index (χ4n) is 1.41. The number of hydrogen-bond acceptors (Lipinski definition) is 4. The molecular weight excluding hydrogens is 238 g/mol. The van der Waals surface area contributed by atoms with Crippen molar-refractivity contribution in [3.63, 3.8) is 0 Å². The molecule has 0 aliphatic heterocycles. The van der Waals surface area contributed by atoms with Crippen molar-refractivity contribution < 1.29 is 4.74 Å². The molecule has 0 fully saturated rings. The number of aromatic nitrogens is 2. The Labute approximate surface area is 106 Å². The monoisotopic (exact) mass is 251 g/mol. The lowest BCUT2D eigenvalue weighted by molar-refractivity contribution is 0.415. The molecular formula is C12H14ClN3O. The molecule has 2 aromatic rings. The SMILES string of the molecule is COc1cccc(-c2cnc(CN)nc2)c1.Cl. The highest BCUT2D eigenvalue weighted by atomic mass is 35.5. The topological polar surface area (TPSA) is 61.0 Å². The molecule has 2 N–H and O–H groups in total. The van der Waals surface area contributed by atoms with Crippen LogP contribution in [0, 0.1) is 0 Å². The van der Waals surface area contributed by atoms with Gasteiger partial charge >= 0.3 is 0 Å². The van der Waals surface area contributed by atoms with Crippen LogP contribution in [0.4, 0.5) is 0 Å². The van der Waals surface area contributed by atoms with Gasteiger partial charge in [-0.25, -0.2) is 9.97 Å². The van der Waals surface area contributed by atoms with Gasteiger partial charge < -0.3 is 10.5 Å². The van der Waals surface area contributed by atoms with Gasteiger partial charge in [0.25, 0.3) is 0 Å². The van der Waals surface area contributed by atoms with E-state index in [-0.39, 0.29) is 12.4 Å². The van der Waals surface area contributed by atoms with Gasteiger partial charge in [-0.1, -0.05) is 12.1 Å². The van der Waals surface area contributed by atoms with Gasteiger partial charge in [-0.3, -0.25) is 0 Å². The normalized spacial score (nSPS) is 9.53. The molecule has 0 unspecified atom stereocenters. The van der Waals surface area contributed by atoms with Crippen molar-refractivity contribution in [3.05, 3.63) is 42.5 Å². The van der Waals surface area contributed by atoms with E-state index in [0.29, 0.717) is 12.4 Å². The van der Waals surface area contributed by atoms with Crippen molar-refractivity contribution >= 4 is 12.4 Å². The third kappa shape index (κ3) is 3.15. The summed E-state index contributed by atoms with van der Waals surface area (Å²) in [5, 5.41) is 0. The van der Waals surface area contributed by atoms with Gasteiger partial charge in [0.2, 0.25) is 0 Å². The van der Waals surface area contributed by atoms with Crippen LogP contribution in [0.5, 0.6) is 5.75 Å². The van der Waals surface area contributed by atoms with E-state index < -0.39 is 0 Å². The fraction of sp³-hybridized carbons (Fsp3) is 0.167. The zero-order valence-corrected chi connectivity index (χ0v) is 10.3. The first-order chi connectivity index (χ1) is 7.83. The zero-order chi connectivity index (χ0) is 11.4. The number of halogens is 1. The average Bonchev–Trinajstić information content (AvgIpc) is 2.39. The van der Waals surface area contributed by atoms with Crippen molar-refractivity contribution in [2.75, 3.05) is 7.11 Å². The number of hydrogen-bond donors (Lipinski definition) is 1. The maximum Gasteiger partial charge on any atom is 0.141 e. The lowest BCUT2D eigenvalue weighted by Crippen LogP contribution is -2.02. The molecule has 0 atom stereocenters. The number of rotatable bonds is 3. The average molecular weight is 252 g/mol. The molecule has 0 saturated heterocycles. The highest BCUT2D eigenvalue weighted by Crippen LogP contribution is 2.22. The number of methoxy groups -OCH3 is 1. The molecule has 0 radical (unpaired) electrons. The minimum Gasteiger partial charge on any atom is -0.497 e. The number of nitrogens with two attached hydrogens (primary N) is 1. The fourth-order valence-corrected chi connectivity index (χ4v) is 1.41. The first-order valence-corrected chi connectivity index (χ1v) is 4.99. The van der Waals surface area contributed by atoms with Gasteiger partial charge in [-0.2, -0.15) is 0 Å². The Morgan fingerprint density at radius 3 is 2.47 bits per heavy atom. The van der Waals surface area contributed by atoms with Crippen LogP contribution in [-0.4, -0.2) is 17.1 Å². The molecule has 1 aromatic heterocycles. The highest BCUT2D eigenvalue weighted by molar-refractivity contribution is 5.85. The molecule has 4 nitrogen and oxygen atoms in total. The van der Waals surface area contributed by atoms with Gasteiger partial charge in [0, 0.05) is 18.0 Å². The molecule has 0 bridgehead atoms. The molecule has 1 aromatic carbocycles. The quantitative estimate of drug-likeness (QED) is 0.907. The van der Waals surface area contributed by atoms with E-state index in [1.807, 2.05) is 24.3 Å². The first kappa shape index (κ1) is 13.4. The summed E-state index contributed by atoms with van der Waals surface area (Å²) < 4.78 is 5.16. The van der Waals surface area contributed by atoms with Crippen molar-refractivity contribution in [2.45, 2.75) is 6.54 Å². The lowest BCUT2D eigenvalue weighted by atomic mass is 10.1. The molecule has 0 spiro atoms. The van der Waals surface area contributed by atoms with E-state index in [1.54, 1.807) is 19.5 Å². The van der Waals surface area contributed by atoms with E-state index >= 15 is 0 Å². The largest absolute Gasteiger partial charge is 0.497 e. The predicted octanol–water partition coefficient (Wildman–Crippen LogP) is 2.03. The van der Waals surface area contributed by atoms with Crippen molar-refractivity contribution in [1.82, 2.24) is 9.97 Å². The second kappa shape index (κ2) is 6.18. The number of nitrogens with zero attached hydrogens (tertiary/aromatic N) is 2. The van der Waals surface area contributed by atoms with E-state index in [2.05, 4.69) is 9.97 Å². The van der Waals surface area contributed by atoms with Gasteiger partial charge in [0.15, 0.2) is 0 Å². The Hall–Kier alpha value is -1.65. The van der Waals surface area contributed by atoms with E-state index in [0.717, 1.165) is 16.9 Å². The molecule has 0 saturated carbocycles. The molecule has 5 heteroatoms. The lowest BCUT2D eigenvalue weighted by Gasteiger charge is -2.04. The van der Waals surface area contributed by atoms with Gasteiger partial charge in [0.1, 0.15) is 11.6 Å². The molecule has 17 heavy (non-hydrogen) atoms. The first-order valence-electron chi connectivity index (χ1n) is 4.99. The number of benzene rings is 1. The van der Waals surface area contributed by atoms with E-state index in [1.165, 1.54) is 0 Å². The summed E-state index contributed by atoms with van der Waals surface area (Å²) in [7, 11) is 1.65. The Balaban J connectivity index is 0.00000144. The summed E-state index contributed by atoms with van der Waals surface area (Å²) in [6.45, 7) is 0.360. The Morgan fingerprint density at radius 1 is 1.18 bits per heavy atom. The van der Waals surface area contributed by atoms with Gasteiger partial charge in [-0.05, 0) is 17.7 Å². The molecule has 0 aliphatic carbocycles. The van der Waals surface area contributed by atoms with Crippen LogP contribution in [0.3, 0.4) is 0 Å². The van der Waals surface area contributed by atoms with Crippen molar-refractivity contribution in [3.8, 4) is 16.9 Å². The van der Waals surface area contributed by atoms with Crippen LogP contribution in [-0.2, 0) is 6.54 Å². The van der Waals surface area contributed by atoms with Crippen LogP contribution >= 0.6 is 12.4 Å². The third-order valence-electron chi connectivity index (χ3n) is 2.29. The van der Waals surface area contributed by atoms with Crippen LogP contribution in [0.15, 0.2) is 36.7 Å². The second-order valence-corrected chi connectivity index (χ2v) is 3.32. The zero-order valence-electron chi connectivity index (χ0n) is 9.46.